The van der Waals surface area contributed by atoms with E-state index in [2.05, 4.69) is 11.0 Å². The Kier molecular flexibility index (Phi) is 5.56. The molecule has 6 nitrogen and oxygen atoms in total. The maximum atomic E-state index is 12.5. The minimum atomic E-state index is -0.463. The number of benzene rings is 1. The van der Waals surface area contributed by atoms with E-state index in [0.717, 1.165) is 62.5 Å². The van der Waals surface area contributed by atoms with E-state index in [1.807, 2.05) is 37.8 Å². The Balaban J connectivity index is 1.72. The molecule has 0 radical (unpaired) electrons. The second-order valence-electron chi connectivity index (χ2n) is 8.55. The van der Waals surface area contributed by atoms with Crippen LogP contribution in [-0.4, -0.2) is 60.9 Å². The van der Waals surface area contributed by atoms with Gasteiger partial charge in [0.15, 0.2) is 11.5 Å². The second-order valence-corrected chi connectivity index (χ2v) is 8.55. The van der Waals surface area contributed by atoms with Crippen molar-refractivity contribution in [2.45, 2.75) is 57.7 Å². The first-order chi connectivity index (χ1) is 12.8. The Morgan fingerprint density at radius 1 is 1.15 bits per heavy atom. The van der Waals surface area contributed by atoms with Crippen molar-refractivity contribution in [3.05, 3.63) is 23.8 Å². The molecular formula is C21H32N2O4. The van der Waals surface area contributed by atoms with Crippen molar-refractivity contribution in [2.24, 2.45) is 0 Å². The summed E-state index contributed by atoms with van der Waals surface area (Å²) in [5.41, 5.74) is 0.698. The van der Waals surface area contributed by atoms with Gasteiger partial charge in [-0.05, 0) is 46.1 Å². The summed E-state index contributed by atoms with van der Waals surface area (Å²) < 4.78 is 16.6. The molecule has 0 aromatic heterocycles. The number of likely N-dealkylation sites (tertiary alicyclic amines) is 2. The van der Waals surface area contributed by atoms with Crippen LogP contribution in [0.1, 0.15) is 45.6 Å². The average Bonchev–Trinajstić information content (AvgIpc) is 2.63. The fraction of sp³-hybridized carbons (Fsp3) is 0.667. The van der Waals surface area contributed by atoms with Crippen molar-refractivity contribution in [1.29, 1.82) is 0 Å². The highest BCUT2D eigenvalue weighted by Gasteiger charge is 2.48. The quantitative estimate of drug-likeness (QED) is 0.802. The number of rotatable bonds is 4. The second kappa shape index (κ2) is 7.58. The number of hydrogen-bond acceptors (Lipinski definition) is 5. The summed E-state index contributed by atoms with van der Waals surface area (Å²) in [6, 6.07) is 6.00. The van der Waals surface area contributed by atoms with E-state index in [-0.39, 0.29) is 11.6 Å². The maximum Gasteiger partial charge on any atom is 0.410 e. The largest absolute Gasteiger partial charge is 0.493 e. The molecule has 1 aromatic carbocycles. The van der Waals surface area contributed by atoms with Crippen molar-refractivity contribution < 1.29 is 19.0 Å². The number of piperidine rings is 1. The number of hydrogen-bond donors (Lipinski definition) is 0. The Labute approximate surface area is 162 Å². The molecule has 2 saturated heterocycles. The summed E-state index contributed by atoms with van der Waals surface area (Å²) in [6.45, 7) is 9.06. The van der Waals surface area contributed by atoms with E-state index >= 15 is 0 Å². The number of nitrogens with zero attached hydrogens (tertiary/aromatic N) is 2. The molecule has 1 unspecified atom stereocenters. The molecule has 1 atom stereocenters. The van der Waals surface area contributed by atoms with Crippen molar-refractivity contribution >= 4 is 6.09 Å². The molecule has 2 fully saturated rings. The van der Waals surface area contributed by atoms with Gasteiger partial charge in [-0.15, -0.1) is 0 Å². The van der Waals surface area contributed by atoms with Crippen LogP contribution < -0.4 is 9.47 Å². The molecule has 150 valence electrons. The van der Waals surface area contributed by atoms with Gasteiger partial charge in [0.05, 0.1) is 14.2 Å². The van der Waals surface area contributed by atoms with E-state index in [1.54, 1.807) is 14.2 Å². The van der Waals surface area contributed by atoms with Crippen molar-refractivity contribution in [1.82, 2.24) is 9.80 Å². The highest BCUT2D eigenvalue weighted by molar-refractivity contribution is 5.68. The summed E-state index contributed by atoms with van der Waals surface area (Å²) in [4.78, 5) is 16.9. The van der Waals surface area contributed by atoms with Gasteiger partial charge in [-0.2, -0.15) is 0 Å². The molecule has 2 heterocycles. The topological polar surface area (TPSA) is 51.2 Å². The van der Waals surface area contributed by atoms with Crippen molar-refractivity contribution in [3.63, 3.8) is 0 Å². The van der Waals surface area contributed by atoms with Gasteiger partial charge in [0.2, 0.25) is 0 Å². The van der Waals surface area contributed by atoms with Crippen LogP contribution in [0, 0.1) is 0 Å². The molecule has 0 aliphatic carbocycles. The van der Waals surface area contributed by atoms with Crippen LogP contribution >= 0.6 is 0 Å². The zero-order valence-electron chi connectivity index (χ0n) is 17.2. The zero-order valence-corrected chi connectivity index (χ0v) is 17.2. The molecule has 0 N–H and O–H groups in total. The van der Waals surface area contributed by atoms with Gasteiger partial charge in [-0.25, -0.2) is 4.79 Å². The number of carbonyl (C=O) groups is 1. The molecule has 1 amide bonds. The Bertz CT molecular complexity index is 685. The normalized spacial score (nSPS) is 23.1. The first-order valence-corrected chi connectivity index (χ1v) is 9.71. The van der Waals surface area contributed by atoms with Crippen LogP contribution in [0.4, 0.5) is 4.79 Å². The lowest BCUT2D eigenvalue weighted by Gasteiger charge is -2.57. The lowest BCUT2D eigenvalue weighted by Crippen LogP contribution is -2.67. The first-order valence-electron chi connectivity index (χ1n) is 9.71. The molecule has 27 heavy (non-hydrogen) atoms. The van der Waals surface area contributed by atoms with Crippen LogP contribution in [0.2, 0.25) is 0 Å². The Hall–Kier alpha value is -1.95. The van der Waals surface area contributed by atoms with E-state index in [1.165, 1.54) is 0 Å². The van der Waals surface area contributed by atoms with Crippen molar-refractivity contribution in [3.8, 4) is 11.5 Å². The number of carbonyl (C=O) groups excluding carboxylic acids is 1. The molecule has 6 heteroatoms. The number of methoxy groups -OCH3 is 2. The molecule has 1 aromatic rings. The monoisotopic (exact) mass is 376 g/mol. The van der Waals surface area contributed by atoms with E-state index in [9.17, 15) is 4.79 Å². The lowest BCUT2D eigenvalue weighted by molar-refractivity contribution is -0.0746. The van der Waals surface area contributed by atoms with Gasteiger partial charge in [0.1, 0.15) is 5.60 Å². The summed E-state index contributed by atoms with van der Waals surface area (Å²) in [5.74, 6) is 1.55. The molecule has 1 spiro atoms. The van der Waals surface area contributed by atoms with Crippen LogP contribution in [0.15, 0.2) is 18.2 Å². The molecule has 0 saturated carbocycles. The van der Waals surface area contributed by atoms with Crippen LogP contribution in [0.25, 0.3) is 0 Å². The molecule has 0 bridgehead atoms. The SMILES string of the molecule is COc1cccc(CN2CCC23CCCN(C(=O)OC(C)(C)C)C3)c1OC. The standard InChI is InChI=1S/C21H32N2O4/c1-20(2,3)27-19(24)22-12-7-10-21(15-22)11-13-23(21)14-16-8-6-9-17(25-4)18(16)26-5/h6,8-9H,7,10-15H2,1-5H3. The van der Waals surface area contributed by atoms with Gasteiger partial charge >= 0.3 is 6.09 Å². The predicted molar refractivity (Wildman–Crippen MR) is 104 cm³/mol. The first kappa shape index (κ1) is 19.8. The van der Waals surface area contributed by atoms with Crippen LogP contribution in [-0.2, 0) is 11.3 Å². The third-order valence-electron chi connectivity index (χ3n) is 5.57. The highest BCUT2D eigenvalue weighted by Crippen LogP contribution is 2.42. The maximum absolute atomic E-state index is 12.5. The minimum absolute atomic E-state index is 0.0449. The van der Waals surface area contributed by atoms with Gasteiger partial charge in [0, 0.05) is 37.3 Å². The van der Waals surface area contributed by atoms with Crippen LogP contribution in [0.5, 0.6) is 11.5 Å². The number of ether oxygens (including phenoxy) is 3. The summed E-state index contributed by atoms with van der Waals surface area (Å²) in [7, 11) is 3.34. The third-order valence-corrected chi connectivity index (χ3v) is 5.57. The third kappa shape index (κ3) is 4.15. The van der Waals surface area contributed by atoms with Gasteiger partial charge in [0.25, 0.3) is 0 Å². The summed E-state index contributed by atoms with van der Waals surface area (Å²) in [5, 5.41) is 0. The smallest absolute Gasteiger partial charge is 0.410 e. The highest BCUT2D eigenvalue weighted by atomic mass is 16.6. The molecule has 3 rings (SSSR count). The Morgan fingerprint density at radius 2 is 1.93 bits per heavy atom. The average molecular weight is 376 g/mol. The minimum Gasteiger partial charge on any atom is -0.493 e. The zero-order chi connectivity index (χ0) is 19.7. The fourth-order valence-electron chi connectivity index (χ4n) is 4.17. The van der Waals surface area contributed by atoms with Gasteiger partial charge in [-0.3, -0.25) is 4.90 Å². The summed E-state index contributed by atoms with van der Waals surface area (Å²) in [6.07, 6.45) is 3.02. The van der Waals surface area contributed by atoms with E-state index < -0.39 is 5.60 Å². The predicted octanol–water partition coefficient (Wildman–Crippen LogP) is 3.68. The lowest BCUT2D eigenvalue weighted by atomic mass is 9.77. The van der Waals surface area contributed by atoms with Crippen molar-refractivity contribution in [2.75, 3.05) is 33.9 Å². The van der Waals surface area contributed by atoms with Gasteiger partial charge in [-0.1, -0.05) is 12.1 Å². The Morgan fingerprint density at radius 3 is 2.52 bits per heavy atom. The molecule has 2 aliphatic heterocycles. The van der Waals surface area contributed by atoms with E-state index in [0.29, 0.717) is 0 Å². The molecule has 2 aliphatic rings. The van der Waals surface area contributed by atoms with Gasteiger partial charge < -0.3 is 19.1 Å². The van der Waals surface area contributed by atoms with E-state index in [4.69, 9.17) is 14.2 Å². The summed E-state index contributed by atoms with van der Waals surface area (Å²) >= 11 is 0. The number of para-hydroxylation sites is 1. The fourth-order valence-corrected chi connectivity index (χ4v) is 4.17. The van der Waals surface area contributed by atoms with Crippen LogP contribution in [0.3, 0.4) is 0 Å². The molecular weight excluding hydrogens is 344 g/mol. The number of amides is 1.